The number of aromatic nitrogens is 1. The summed E-state index contributed by atoms with van der Waals surface area (Å²) < 4.78 is 0. The Bertz CT molecular complexity index is 382. The van der Waals surface area contributed by atoms with Crippen molar-refractivity contribution in [1.82, 2.24) is 10.3 Å². The van der Waals surface area contributed by atoms with Crippen LogP contribution in [0.2, 0.25) is 0 Å². The average Bonchev–Trinajstić information content (AvgIpc) is 2.23. The van der Waals surface area contributed by atoms with Crippen LogP contribution in [0.4, 0.5) is 5.69 Å². The van der Waals surface area contributed by atoms with E-state index in [0.717, 1.165) is 11.4 Å². The lowest BCUT2D eigenvalue weighted by Crippen LogP contribution is -2.29. The van der Waals surface area contributed by atoms with Crippen molar-refractivity contribution in [2.75, 3.05) is 18.4 Å². The molecule has 0 aliphatic heterocycles. The van der Waals surface area contributed by atoms with Gasteiger partial charge in [0.15, 0.2) is 0 Å². The van der Waals surface area contributed by atoms with E-state index in [4.69, 9.17) is 6.42 Å². The van der Waals surface area contributed by atoms with E-state index >= 15 is 0 Å². The lowest BCUT2D eigenvalue weighted by Gasteiger charge is -2.06. The van der Waals surface area contributed by atoms with Crippen LogP contribution in [0.15, 0.2) is 18.3 Å². The zero-order valence-corrected chi connectivity index (χ0v) is 8.58. The summed E-state index contributed by atoms with van der Waals surface area (Å²) in [7, 11) is 0. The van der Waals surface area contributed by atoms with Gasteiger partial charge in [-0.05, 0) is 19.1 Å². The van der Waals surface area contributed by atoms with Gasteiger partial charge in [-0.2, -0.15) is 0 Å². The highest BCUT2D eigenvalue weighted by Gasteiger charge is 1.99. The number of rotatable bonds is 4. The van der Waals surface area contributed by atoms with E-state index < -0.39 is 0 Å². The topological polar surface area (TPSA) is 54.0 Å². The number of pyridine rings is 1. The Kier molecular flexibility index (Phi) is 4.17. The van der Waals surface area contributed by atoms with Crippen LogP contribution >= 0.6 is 0 Å². The molecule has 0 bridgehead atoms. The number of hydrogen-bond acceptors (Lipinski definition) is 3. The van der Waals surface area contributed by atoms with Crippen molar-refractivity contribution in [1.29, 1.82) is 0 Å². The number of aryl methyl sites for hydroxylation is 1. The van der Waals surface area contributed by atoms with Crippen LogP contribution in [0.1, 0.15) is 5.69 Å². The van der Waals surface area contributed by atoms with Crippen molar-refractivity contribution in [3.05, 3.63) is 24.0 Å². The Balaban J connectivity index is 2.37. The maximum atomic E-state index is 11.2. The van der Waals surface area contributed by atoms with Gasteiger partial charge in [-0.25, -0.2) is 0 Å². The largest absolute Gasteiger partial charge is 0.376 e. The first-order valence-electron chi connectivity index (χ1n) is 4.59. The van der Waals surface area contributed by atoms with E-state index in [1.807, 2.05) is 19.1 Å². The molecule has 15 heavy (non-hydrogen) atoms. The van der Waals surface area contributed by atoms with Gasteiger partial charge in [0.25, 0.3) is 0 Å². The van der Waals surface area contributed by atoms with E-state index in [2.05, 4.69) is 21.5 Å². The molecule has 0 saturated heterocycles. The molecule has 0 atom stereocenters. The fraction of sp³-hybridized carbons (Fsp3) is 0.273. The van der Waals surface area contributed by atoms with E-state index in [-0.39, 0.29) is 19.0 Å². The van der Waals surface area contributed by atoms with Gasteiger partial charge >= 0.3 is 0 Å². The number of carbonyl (C=O) groups excluding carboxylic acids is 1. The molecule has 0 spiro atoms. The minimum absolute atomic E-state index is 0.123. The van der Waals surface area contributed by atoms with E-state index in [1.54, 1.807) is 6.20 Å². The molecule has 4 heteroatoms. The van der Waals surface area contributed by atoms with Gasteiger partial charge in [0, 0.05) is 17.6 Å². The van der Waals surface area contributed by atoms with Gasteiger partial charge in [0.2, 0.25) is 5.91 Å². The normalized spacial score (nSPS) is 9.07. The minimum Gasteiger partial charge on any atom is -0.376 e. The second-order valence-corrected chi connectivity index (χ2v) is 3.02. The molecule has 2 N–H and O–H groups in total. The van der Waals surface area contributed by atoms with Crippen LogP contribution in [0, 0.1) is 19.3 Å². The molecule has 1 heterocycles. The summed E-state index contributed by atoms with van der Waals surface area (Å²) in [6.45, 7) is 2.37. The van der Waals surface area contributed by atoms with Crippen LogP contribution in [0.25, 0.3) is 0 Å². The average molecular weight is 203 g/mol. The molecule has 0 radical (unpaired) electrons. The first-order chi connectivity index (χ1) is 7.22. The van der Waals surface area contributed by atoms with Crippen LogP contribution in [-0.2, 0) is 4.79 Å². The summed E-state index contributed by atoms with van der Waals surface area (Å²) >= 11 is 0. The number of amides is 1. The summed E-state index contributed by atoms with van der Waals surface area (Å²) in [5, 5.41) is 5.54. The smallest absolute Gasteiger partial charge is 0.240 e. The highest BCUT2D eigenvalue weighted by molar-refractivity contribution is 5.80. The fourth-order valence-corrected chi connectivity index (χ4v) is 1.05. The van der Waals surface area contributed by atoms with Crippen molar-refractivity contribution in [3.63, 3.8) is 0 Å². The third kappa shape index (κ3) is 4.14. The Hall–Kier alpha value is -2.02. The number of carbonyl (C=O) groups is 1. The summed E-state index contributed by atoms with van der Waals surface area (Å²) in [6.07, 6.45) is 6.70. The van der Waals surface area contributed by atoms with Crippen molar-refractivity contribution < 1.29 is 4.79 Å². The third-order valence-electron chi connectivity index (χ3n) is 1.74. The van der Waals surface area contributed by atoms with Crippen LogP contribution in [0.3, 0.4) is 0 Å². The zero-order chi connectivity index (χ0) is 11.1. The Morgan fingerprint density at radius 2 is 2.47 bits per heavy atom. The molecule has 0 aliphatic carbocycles. The van der Waals surface area contributed by atoms with Gasteiger partial charge in [-0.15, -0.1) is 6.42 Å². The lowest BCUT2D eigenvalue weighted by molar-refractivity contribution is -0.119. The Morgan fingerprint density at radius 1 is 1.67 bits per heavy atom. The molecular weight excluding hydrogens is 190 g/mol. The second-order valence-electron chi connectivity index (χ2n) is 3.02. The van der Waals surface area contributed by atoms with Crippen molar-refractivity contribution >= 4 is 11.6 Å². The molecule has 0 saturated carbocycles. The number of nitrogens with one attached hydrogen (secondary N) is 2. The third-order valence-corrected chi connectivity index (χ3v) is 1.74. The first-order valence-corrected chi connectivity index (χ1v) is 4.59. The molecule has 1 amide bonds. The SMILES string of the molecule is C#CCNC(=O)CNc1ccnc(C)c1. The predicted molar refractivity (Wildman–Crippen MR) is 59.3 cm³/mol. The Morgan fingerprint density at radius 3 is 3.13 bits per heavy atom. The Labute approximate surface area is 89.1 Å². The van der Waals surface area contributed by atoms with E-state index in [0.29, 0.717) is 0 Å². The van der Waals surface area contributed by atoms with Crippen LogP contribution < -0.4 is 10.6 Å². The maximum Gasteiger partial charge on any atom is 0.240 e. The molecule has 0 aliphatic rings. The first kappa shape index (κ1) is 11.1. The molecule has 0 aromatic carbocycles. The predicted octanol–water partition coefficient (Wildman–Crippen LogP) is 0.551. The van der Waals surface area contributed by atoms with Gasteiger partial charge in [0.1, 0.15) is 0 Å². The maximum absolute atomic E-state index is 11.2. The van der Waals surface area contributed by atoms with Gasteiger partial charge in [-0.3, -0.25) is 9.78 Å². The molecule has 0 fully saturated rings. The summed E-state index contributed by atoms with van der Waals surface area (Å²) in [5.74, 6) is 2.21. The molecule has 1 rings (SSSR count). The van der Waals surface area contributed by atoms with E-state index in [9.17, 15) is 4.79 Å². The number of nitrogens with zero attached hydrogens (tertiary/aromatic N) is 1. The van der Waals surface area contributed by atoms with Crippen LogP contribution in [-0.4, -0.2) is 24.0 Å². The highest BCUT2D eigenvalue weighted by atomic mass is 16.1. The number of anilines is 1. The zero-order valence-electron chi connectivity index (χ0n) is 8.58. The summed E-state index contributed by atoms with van der Waals surface area (Å²) in [5.41, 5.74) is 1.78. The summed E-state index contributed by atoms with van der Waals surface area (Å²) in [4.78, 5) is 15.2. The molecule has 1 aromatic rings. The number of terminal acetylenes is 1. The standard InChI is InChI=1S/C11H13N3O/c1-3-5-13-11(15)8-14-10-4-6-12-9(2)7-10/h1,4,6-7H,5,8H2,2H3,(H,12,14)(H,13,15). The van der Waals surface area contributed by atoms with Crippen molar-refractivity contribution in [3.8, 4) is 12.3 Å². The number of hydrogen-bond donors (Lipinski definition) is 2. The highest BCUT2D eigenvalue weighted by Crippen LogP contribution is 2.05. The molecule has 1 aromatic heterocycles. The molecule has 4 nitrogen and oxygen atoms in total. The lowest BCUT2D eigenvalue weighted by atomic mass is 10.3. The van der Waals surface area contributed by atoms with Crippen molar-refractivity contribution in [2.45, 2.75) is 6.92 Å². The van der Waals surface area contributed by atoms with Crippen molar-refractivity contribution in [2.24, 2.45) is 0 Å². The quantitative estimate of drug-likeness (QED) is 0.703. The van der Waals surface area contributed by atoms with Crippen LogP contribution in [0.5, 0.6) is 0 Å². The van der Waals surface area contributed by atoms with Gasteiger partial charge in [0.05, 0.1) is 13.1 Å². The van der Waals surface area contributed by atoms with E-state index in [1.165, 1.54) is 0 Å². The minimum atomic E-state index is -0.123. The molecular formula is C11H13N3O. The molecule has 78 valence electrons. The monoisotopic (exact) mass is 203 g/mol. The van der Waals surface area contributed by atoms with Gasteiger partial charge < -0.3 is 10.6 Å². The fourth-order valence-electron chi connectivity index (χ4n) is 1.05. The van der Waals surface area contributed by atoms with Gasteiger partial charge in [-0.1, -0.05) is 5.92 Å². The summed E-state index contributed by atoms with van der Waals surface area (Å²) in [6, 6.07) is 3.68. The second kappa shape index (κ2) is 5.66. The molecule has 0 unspecified atom stereocenters.